The summed E-state index contributed by atoms with van der Waals surface area (Å²) < 4.78 is 4.95. The first kappa shape index (κ1) is 21.3. The summed E-state index contributed by atoms with van der Waals surface area (Å²) in [6.07, 6.45) is 2.90. The molecule has 6 nitrogen and oxygen atoms in total. The Hall–Kier alpha value is -1.93. The number of piperazine rings is 1. The SMILES string of the molecule is COC(=O)c1c(NC(=O)CN2CCN(Cc3cccc(Cl)c3)CC2)sc2c1CCC2. The molecule has 160 valence electrons. The minimum Gasteiger partial charge on any atom is -0.465 e. The number of halogens is 1. The number of rotatable bonds is 6. The maximum atomic E-state index is 12.7. The molecule has 0 atom stereocenters. The third kappa shape index (κ3) is 4.86. The second-order valence-electron chi connectivity index (χ2n) is 7.78. The molecule has 1 aromatic carbocycles. The molecule has 0 saturated carbocycles. The molecule has 1 aromatic heterocycles. The van der Waals surface area contributed by atoms with Gasteiger partial charge in [-0.25, -0.2) is 4.79 Å². The van der Waals surface area contributed by atoms with Gasteiger partial charge in [0.05, 0.1) is 19.2 Å². The molecule has 2 aromatic rings. The van der Waals surface area contributed by atoms with Gasteiger partial charge in [0.1, 0.15) is 5.00 Å². The van der Waals surface area contributed by atoms with Gasteiger partial charge in [0.25, 0.3) is 0 Å². The van der Waals surface area contributed by atoms with E-state index in [1.165, 1.54) is 28.9 Å². The second-order valence-corrected chi connectivity index (χ2v) is 9.33. The zero-order chi connectivity index (χ0) is 21.1. The minimum absolute atomic E-state index is 0.0802. The molecule has 2 aliphatic rings. The Morgan fingerprint density at radius 2 is 1.93 bits per heavy atom. The monoisotopic (exact) mass is 447 g/mol. The van der Waals surface area contributed by atoms with Gasteiger partial charge >= 0.3 is 5.97 Å². The van der Waals surface area contributed by atoms with Gasteiger partial charge in [-0.1, -0.05) is 23.7 Å². The number of nitrogens with one attached hydrogen (secondary N) is 1. The van der Waals surface area contributed by atoms with Gasteiger partial charge in [0, 0.05) is 42.6 Å². The number of amides is 1. The van der Waals surface area contributed by atoms with Crippen LogP contribution in [0.25, 0.3) is 0 Å². The first-order valence-corrected chi connectivity index (χ1v) is 11.4. The van der Waals surface area contributed by atoms with Gasteiger partial charge in [-0.05, 0) is 42.5 Å². The van der Waals surface area contributed by atoms with Crippen molar-refractivity contribution < 1.29 is 14.3 Å². The van der Waals surface area contributed by atoms with E-state index in [0.29, 0.717) is 17.1 Å². The summed E-state index contributed by atoms with van der Waals surface area (Å²) in [5, 5.41) is 4.36. The van der Waals surface area contributed by atoms with Crippen molar-refractivity contribution >= 4 is 39.8 Å². The molecule has 1 saturated heterocycles. The highest BCUT2D eigenvalue weighted by molar-refractivity contribution is 7.17. The minimum atomic E-state index is -0.362. The van der Waals surface area contributed by atoms with E-state index >= 15 is 0 Å². The number of carbonyl (C=O) groups excluding carboxylic acids is 2. The summed E-state index contributed by atoms with van der Waals surface area (Å²) in [6.45, 7) is 4.66. The zero-order valence-electron chi connectivity index (χ0n) is 17.1. The number of ether oxygens (including phenoxy) is 1. The first-order chi connectivity index (χ1) is 14.5. The highest BCUT2D eigenvalue weighted by Crippen LogP contribution is 2.39. The Kier molecular flexibility index (Phi) is 6.73. The molecule has 4 rings (SSSR count). The Balaban J connectivity index is 1.30. The quantitative estimate of drug-likeness (QED) is 0.687. The van der Waals surface area contributed by atoms with E-state index in [1.54, 1.807) is 0 Å². The summed E-state index contributed by atoms with van der Waals surface area (Å²) in [6, 6.07) is 7.94. The molecule has 1 aliphatic carbocycles. The van der Waals surface area contributed by atoms with Crippen LogP contribution in [0.15, 0.2) is 24.3 Å². The van der Waals surface area contributed by atoms with Gasteiger partial charge in [0.2, 0.25) is 5.91 Å². The van der Waals surface area contributed by atoms with Crippen LogP contribution >= 0.6 is 22.9 Å². The summed E-state index contributed by atoms with van der Waals surface area (Å²) in [5.41, 5.74) is 2.81. The van der Waals surface area contributed by atoms with Crippen LogP contribution in [-0.2, 0) is 28.9 Å². The standard InChI is InChI=1S/C22H26ClN3O3S/c1-29-22(28)20-17-6-3-7-18(17)30-21(20)24-19(27)14-26-10-8-25(9-11-26)13-15-4-2-5-16(23)12-15/h2,4-5,12H,3,6-11,13-14H2,1H3,(H,24,27). The number of aryl methyl sites for hydroxylation is 1. The number of hydrogen-bond acceptors (Lipinski definition) is 6. The predicted molar refractivity (Wildman–Crippen MR) is 119 cm³/mol. The number of hydrogen-bond donors (Lipinski definition) is 1. The molecule has 1 N–H and O–H groups in total. The molecule has 0 spiro atoms. The van der Waals surface area contributed by atoms with Gasteiger partial charge in [0.15, 0.2) is 0 Å². The van der Waals surface area contributed by atoms with Crippen LogP contribution < -0.4 is 5.32 Å². The Morgan fingerprint density at radius 1 is 1.17 bits per heavy atom. The lowest BCUT2D eigenvalue weighted by Crippen LogP contribution is -2.48. The second kappa shape index (κ2) is 9.47. The van der Waals surface area contributed by atoms with Crippen molar-refractivity contribution in [2.24, 2.45) is 0 Å². The molecular weight excluding hydrogens is 422 g/mol. The predicted octanol–water partition coefficient (Wildman–Crippen LogP) is 3.43. The fourth-order valence-corrected chi connectivity index (χ4v) is 5.69. The lowest BCUT2D eigenvalue weighted by Gasteiger charge is -2.34. The van der Waals surface area contributed by atoms with Crippen LogP contribution in [0, 0.1) is 0 Å². The summed E-state index contributed by atoms with van der Waals surface area (Å²) in [7, 11) is 1.38. The van der Waals surface area contributed by atoms with E-state index in [-0.39, 0.29) is 11.9 Å². The fraction of sp³-hybridized carbons (Fsp3) is 0.455. The molecule has 0 unspecified atom stereocenters. The van der Waals surface area contributed by atoms with E-state index in [2.05, 4.69) is 21.2 Å². The Bertz CT molecular complexity index is 938. The number of esters is 1. The van der Waals surface area contributed by atoms with E-state index in [1.807, 2.05) is 18.2 Å². The molecule has 0 bridgehead atoms. The zero-order valence-corrected chi connectivity index (χ0v) is 18.7. The van der Waals surface area contributed by atoms with E-state index in [9.17, 15) is 9.59 Å². The number of thiophene rings is 1. The Labute approximate surface area is 185 Å². The molecule has 1 fully saturated rings. The van der Waals surface area contributed by atoms with Gasteiger partial charge < -0.3 is 10.1 Å². The van der Waals surface area contributed by atoms with Crippen molar-refractivity contribution in [1.82, 2.24) is 9.80 Å². The third-order valence-corrected chi connectivity index (χ3v) is 7.13. The van der Waals surface area contributed by atoms with E-state index < -0.39 is 0 Å². The highest BCUT2D eigenvalue weighted by Gasteiger charge is 2.28. The largest absolute Gasteiger partial charge is 0.465 e. The number of methoxy groups -OCH3 is 1. The third-order valence-electron chi connectivity index (χ3n) is 5.69. The lowest BCUT2D eigenvalue weighted by molar-refractivity contribution is -0.117. The lowest BCUT2D eigenvalue weighted by atomic mass is 10.1. The van der Waals surface area contributed by atoms with Crippen LogP contribution in [0.3, 0.4) is 0 Å². The number of nitrogens with zero attached hydrogens (tertiary/aromatic N) is 2. The van der Waals surface area contributed by atoms with E-state index in [4.69, 9.17) is 16.3 Å². The van der Waals surface area contributed by atoms with Crippen molar-refractivity contribution in [1.29, 1.82) is 0 Å². The molecule has 2 heterocycles. The molecule has 1 amide bonds. The smallest absolute Gasteiger partial charge is 0.341 e. The number of benzene rings is 1. The molecule has 1 aliphatic heterocycles. The van der Waals surface area contributed by atoms with Crippen molar-refractivity contribution in [2.75, 3.05) is 45.2 Å². The van der Waals surface area contributed by atoms with Crippen molar-refractivity contribution in [3.05, 3.63) is 50.9 Å². The van der Waals surface area contributed by atoms with Gasteiger partial charge in [-0.2, -0.15) is 0 Å². The number of anilines is 1. The van der Waals surface area contributed by atoms with Crippen molar-refractivity contribution in [2.45, 2.75) is 25.8 Å². The van der Waals surface area contributed by atoms with Crippen LogP contribution in [-0.4, -0.2) is 61.5 Å². The van der Waals surface area contributed by atoms with Crippen LogP contribution in [0.4, 0.5) is 5.00 Å². The average Bonchev–Trinajstić information content (AvgIpc) is 3.30. The maximum absolute atomic E-state index is 12.7. The molecular formula is C22H26ClN3O3S. The maximum Gasteiger partial charge on any atom is 0.341 e. The highest BCUT2D eigenvalue weighted by atomic mass is 35.5. The van der Waals surface area contributed by atoms with Crippen LogP contribution in [0.1, 0.15) is 32.8 Å². The van der Waals surface area contributed by atoms with Crippen molar-refractivity contribution in [3.8, 4) is 0 Å². The number of fused-ring (bicyclic) bond motifs is 1. The molecule has 8 heteroatoms. The summed E-state index contributed by atoms with van der Waals surface area (Å²) in [4.78, 5) is 30.6. The number of carbonyl (C=O) groups is 2. The molecule has 0 radical (unpaired) electrons. The molecule has 30 heavy (non-hydrogen) atoms. The normalized spacial score (nSPS) is 17.0. The summed E-state index contributed by atoms with van der Waals surface area (Å²) in [5.74, 6) is -0.442. The fourth-order valence-electron chi connectivity index (χ4n) is 4.18. The van der Waals surface area contributed by atoms with Crippen molar-refractivity contribution in [3.63, 3.8) is 0 Å². The first-order valence-electron chi connectivity index (χ1n) is 10.3. The van der Waals surface area contributed by atoms with E-state index in [0.717, 1.165) is 62.6 Å². The Morgan fingerprint density at radius 3 is 2.67 bits per heavy atom. The topological polar surface area (TPSA) is 61.9 Å². The average molecular weight is 448 g/mol. The van der Waals surface area contributed by atoms with Crippen LogP contribution in [0.2, 0.25) is 5.02 Å². The van der Waals surface area contributed by atoms with Crippen LogP contribution in [0.5, 0.6) is 0 Å². The van der Waals surface area contributed by atoms with Gasteiger partial charge in [-0.3, -0.25) is 14.6 Å². The summed E-state index contributed by atoms with van der Waals surface area (Å²) >= 11 is 7.59. The van der Waals surface area contributed by atoms with Gasteiger partial charge in [-0.15, -0.1) is 11.3 Å².